The summed E-state index contributed by atoms with van der Waals surface area (Å²) in [5.41, 5.74) is 1.20. The zero-order chi connectivity index (χ0) is 16.2. The third-order valence-electron chi connectivity index (χ3n) is 3.92. The molecule has 120 valence electrons. The zero-order valence-corrected chi connectivity index (χ0v) is 13.8. The fourth-order valence-corrected chi connectivity index (χ4v) is 2.70. The highest BCUT2D eigenvalue weighted by molar-refractivity contribution is 6.30. The molecular weight excluding hydrogens is 312 g/mol. The number of carbonyl (C=O) groups excluding carboxylic acids is 1. The van der Waals surface area contributed by atoms with Crippen molar-refractivity contribution in [2.24, 2.45) is 0 Å². The summed E-state index contributed by atoms with van der Waals surface area (Å²) in [5, 5.41) is 3.41. The Morgan fingerprint density at radius 3 is 2.61 bits per heavy atom. The molecule has 0 aliphatic carbocycles. The van der Waals surface area contributed by atoms with E-state index in [2.05, 4.69) is 27.1 Å². The maximum absolute atomic E-state index is 12.2. The van der Waals surface area contributed by atoms with Crippen LogP contribution in [0.2, 0.25) is 5.02 Å². The Kier molecular flexibility index (Phi) is 4.79. The lowest BCUT2D eigenvalue weighted by molar-refractivity contribution is 0.102. The van der Waals surface area contributed by atoms with Crippen molar-refractivity contribution in [1.29, 1.82) is 0 Å². The smallest absolute Gasteiger partial charge is 0.257 e. The number of piperazine rings is 1. The van der Waals surface area contributed by atoms with Crippen molar-refractivity contribution in [3.63, 3.8) is 0 Å². The Labute approximate surface area is 140 Å². The van der Waals surface area contributed by atoms with Gasteiger partial charge in [0.2, 0.25) is 0 Å². The summed E-state index contributed by atoms with van der Waals surface area (Å²) in [7, 11) is 2.12. The van der Waals surface area contributed by atoms with Gasteiger partial charge in [0.25, 0.3) is 5.91 Å². The number of carbonyl (C=O) groups is 1. The van der Waals surface area contributed by atoms with E-state index in [0.717, 1.165) is 32.0 Å². The minimum absolute atomic E-state index is 0.190. The number of nitrogens with zero attached hydrogens (tertiary/aromatic N) is 3. The molecule has 1 amide bonds. The number of nitrogens with one attached hydrogen (secondary N) is 1. The van der Waals surface area contributed by atoms with Gasteiger partial charge in [-0.25, -0.2) is 4.98 Å². The van der Waals surface area contributed by atoms with Crippen LogP contribution in [0.25, 0.3) is 0 Å². The fourth-order valence-electron chi connectivity index (χ4n) is 2.51. The van der Waals surface area contributed by atoms with Gasteiger partial charge in [-0.1, -0.05) is 17.7 Å². The Bertz CT molecular complexity index is 681. The molecule has 0 spiro atoms. The molecule has 0 unspecified atom stereocenters. The van der Waals surface area contributed by atoms with Gasteiger partial charge in [0, 0.05) is 43.1 Å². The molecular formula is C17H19ClN4O. The molecule has 1 aliphatic rings. The lowest BCUT2D eigenvalue weighted by Gasteiger charge is -2.33. The van der Waals surface area contributed by atoms with Crippen molar-refractivity contribution >= 4 is 29.0 Å². The van der Waals surface area contributed by atoms with Crippen LogP contribution < -0.4 is 10.2 Å². The average molecular weight is 331 g/mol. The second-order valence-corrected chi connectivity index (χ2v) is 6.10. The lowest BCUT2D eigenvalue weighted by Crippen LogP contribution is -2.44. The largest absolute Gasteiger partial charge is 0.354 e. The second-order valence-electron chi connectivity index (χ2n) is 5.66. The number of likely N-dealkylation sites (N-methyl/N-ethyl adjacent to an activating group) is 1. The normalized spacial score (nSPS) is 15.5. The van der Waals surface area contributed by atoms with Crippen molar-refractivity contribution in [3.05, 3.63) is 53.2 Å². The van der Waals surface area contributed by atoms with Gasteiger partial charge >= 0.3 is 0 Å². The van der Waals surface area contributed by atoms with Crippen LogP contribution in [-0.4, -0.2) is 49.0 Å². The van der Waals surface area contributed by atoms with E-state index >= 15 is 0 Å². The van der Waals surface area contributed by atoms with Crippen LogP contribution in [-0.2, 0) is 0 Å². The third kappa shape index (κ3) is 4.00. The first-order valence-corrected chi connectivity index (χ1v) is 7.96. The second kappa shape index (κ2) is 6.98. The predicted molar refractivity (Wildman–Crippen MR) is 93.4 cm³/mol. The molecule has 1 saturated heterocycles. The van der Waals surface area contributed by atoms with E-state index < -0.39 is 0 Å². The fraction of sp³-hybridized carbons (Fsp3) is 0.294. The number of anilines is 2. The highest BCUT2D eigenvalue weighted by atomic mass is 35.5. The van der Waals surface area contributed by atoms with E-state index in [1.54, 1.807) is 36.5 Å². The summed E-state index contributed by atoms with van der Waals surface area (Å²) in [6.45, 7) is 3.96. The number of halogens is 1. The van der Waals surface area contributed by atoms with Crippen LogP contribution in [0.1, 0.15) is 10.4 Å². The van der Waals surface area contributed by atoms with Gasteiger partial charge in [0.1, 0.15) is 5.82 Å². The first-order chi connectivity index (χ1) is 11.1. The van der Waals surface area contributed by atoms with E-state index in [0.29, 0.717) is 16.3 Å². The molecule has 5 nitrogen and oxygen atoms in total. The summed E-state index contributed by atoms with van der Waals surface area (Å²) in [4.78, 5) is 21.2. The minimum atomic E-state index is -0.190. The predicted octanol–water partition coefficient (Wildman–Crippen LogP) is 2.74. The average Bonchev–Trinajstić information content (AvgIpc) is 2.56. The standard InChI is InChI=1S/C17H19ClN4O/c1-21-7-9-22(10-8-21)16-6-5-13(12-19-16)17(23)20-15-4-2-3-14(18)11-15/h2-6,11-12H,7-10H2,1H3,(H,20,23). The molecule has 3 rings (SSSR count). The number of hydrogen-bond acceptors (Lipinski definition) is 4. The highest BCUT2D eigenvalue weighted by Gasteiger charge is 2.15. The van der Waals surface area contributed by atoms with Gasteiger partial charge in [-0.3, -0.25) is 4.79 Å². The molecule has 6 heteroatoms. The Morgan fingerprint density at radius 1 is 1.17 bits per heavy atom. The van der Waals surface area contributed by atoms with Gasteiger partial charge in [-0.15, -0.1) is 0 Å². The highest BCUT2D eigenvalue weighted by Crippen LogP contribution is 2.17. The van der Waals surface area contributed by atoms with Gasteiger partial charge in [0.15, 0.2) is 0 Å². The summed E-state index contributed by atoms with van der Waals surface area (Å²) in [5.74, 6) is 0.724. The molecule has 1 fully saturated rings. The third-order valence-corrected chi connectivity index (χ3v) is 4.15. The maximum Gasteiger partial charge on any atom is 0.257 e. The first kappa shape index (κ1) is 15.8. The SMILES string of the molecule is CN1CCN(c2ccc(C(=O)Nc3cccc(Cl)c3)cn2)CC1. The Hall–Kier alpha value is -2.11. The Morgan fingerprint density at radius 2 is 1.96 bits per heavy atom. The quantitative estimate of drug-likeness (QED) is 0.940. The van der Waals surface area contributed by atoms with Crippen LogP contribution in [0.4, 0.5) is 11.5 Å². The zero-order valence-electron chi connectivity index (χ0n) is 13.0. The topological polar surface area (TPSA) is 48.5 Å². The number of rotatable bonds is 3. The summed E-state index contributed by atoms with van der Waals surface area (Å²) < 4.78 is 0. The van der Waals surface area contributed by atoms with Gasteiger partial charge in [-0.05, 0) is 37.4 Å². The molecule has 1 aromatic carbocycles. The number of hydrogen-bond donors (Lipinski definition) is 1. The van der Waals surface area contributed by atoms with E-state index in [-0.39, 0.29) is 5.91 Å². The molecule has 2 aromatic rings. The first-order valence-electron chi connectivity index (χ1n) is 7.58. The van der Waals surface area contributed by atoms with E-state index in [1.807, 2.05) is 6.07 Å². The molecule has 0 saturated carbocycles. The molecule has 1 aliphatic heterocycles. The maximum atomic E-state index is 12.2. The van der Waals surface area contributed by atoms with Crippen LogP contribution in [0, 0.1) is 0 Å². The molecule has 1 N–H and O–H groups in total. The van der Waals surface area contributed by atoms with Crippen LogP contribution in [0.15, 0.2) is 42.6 Å². The van der Waals surface area contributed by atoms with Crippen molar-refractivity contribution in [1.82, 2.24) is 9.88 Å². The number of aromatic nitrogens is 1. The van der Waals surface area contributed by atoms with Crippen molar-refractivity contribution in [3.8, 4) is 0 Å². The van der Waals surface area contributed by atoms with Gasteiger partial charge in [0.05, 0.1) is 5.56 Å². The molecule has 23 heavy (non-hydrogen) atoms. The van der Waals surface area contributed by atoms with Crippen LogP contribution >= 0.6 is 11.6 Å². The van der Waals surface area contributed by atoms with E-state index in [4.69, 9.17) is 11.6 Å². The number of pyridine rings is 1. The summed E-state index contributed by atoms with van der Waals surface area (Å²) in [6, 6.07) is 10.8. The lowest BCUT2D eigenvalue weighted by atomic mass is 10.2. The van der Waals surface area contributed by atoms with Gasteiger partial charge in [-0.2, -0.15) is 0 Å². The van der Waals surface area contributed by atoms with Crippen molar-refractivity contribution in [2.75, 3.05) is 43.4 Å². The Balaban J connectivity index is 1.65. The number of amides is 1. The summed E-state index contributed by atoms with van der Waals surface area (Å²) in [6.07, 6.45) is 1.62. The molecule has 0 radical (unpaired) electrons. The van der Waals surface area contributed by atoms with Crippen LogP contribution in [0.3, 0.4) is 0 Å². The number of benzene rings is 1. The molecule has 0 atom stereocenters. The molecule has 1 aromatic heterocycles. The van der Waals surface area contributed by atoms with E-state index in [1.165, 1.54) is 0 Å². The molecule has 0 bridgehead atoms. The van der Waals surface area contributed by atoms with E-state index in [9.17, 15) is 4.79 Å². The van der Waals surface area contributed by atoms with Crippen molar-refractivity contribution < 1.29 is 4.79 Å². The van der Waals surface area contributed by atoms with Crippen LogP contribution in [0.5, 0.6) is 0 Å². The minimum Gasteiger partial charge on any atom is -0.354 e. The van der Waals surface area contributed by atoms with Gasteiger partial charge < -0.3 is 15.1 Å². The monoisotopic (exact) mass is 330 g/mol. The molecule has 2 heterocycles. The van der Waals surface area contributed by atoms with Crippen molar-refractivity contribution in [2.45, 2.75) is 0 Å². The summed E-state index contributed by atoms with van der Waals surface area (Å²) >= 11 is 5.92.